The summed E-state index contributed by atoms with van der Waals surface area (Å²) in [6, 6.07) is 6.61. The molecule has 1 N–H and O–H groups in total. The molecule has 0 atom stereocenters. The molecule has 6 nitrogen and oxygen atoms in total. The van der Waals surface area contributed by atoms with Crippen molar-refractivity contribution in [2.75, 3.05) is 13.2 Å². The van der Waals surface area contributed by atoms with Crippen molar-refractivity contribution in [2.45, 2.75) is 27.7 Å². The van der Waals surface area contributed by atoms with Crippen molar-refractivity contribution in [3.63, 3.8) is 0 Å². The number of aromatic amines is 1. The van der Waals surface area contributed by atoms with Gasteiger partial charge in [0.15, 0.2) is 12.4 Å². The maximum absolute atomic E-state index is 12.6. The first-order valence-corrected chi connectivity index (χ1v) is 7.98. The third-order valence-electron chi connectivity index (χ3n) is 3.74. The van der Waals surface area contributed by atoms with Crippen molar-refractivity contribution in [3.05, 3.63) is 52.3 Å². The van der Waals surface area contributed by atoms with Crippen LogP contribution in [-0.2, 0) is 4.74 Å². The Labute approximate surface area is 146 Å². The number of aromatic nitrogens is 1. The van der Waals surface area contributed by atoms with Gasteiger partial charge in [-0.3, -0.25) is 9.59 Å². The van der Waals surface area contributed by atoms with Crippen LogP contribution >= 0.6 is 0 Å². The molecular weight excluding hydrogens is 322 g/mol. The van der Waals surface area contributed by atoms with Crippen molar-refractivity contribution in [3.8, 4) is 5.75 Å². The number of benzene rings is 1. The fourth-order valence-corrected chi connectivity index (χ4v) is 2.61. The molecule has 0 amide bonds. The van der Waals surface area contributed by atoms with Crippen molar-refractivity contribution < 1.29 is 23.9 Å². The molecule has 1 heterocycles. The van der Waals surface area contributed by atoms with Crippen LogP contribution in [-0.4, -0.2) is 35.7 Å². The number of nitrogens with one attached hydrogen (secondary N) is 1. The lowest BCUT2D eigenvalue weighted by Crippen LogP contribution is -2.17. The van der Waals surface area contributed by atoms with E-state index < -0.39 is 5.97 Å². The quantitative estimate of drug-likeness (QED) is 0.616. The third kappa shape index (κ3) is 4.15. The summed E-state index contributed by atoms with van der Waals surface area (Å²) in [5, 5.41) is 0. The predicted molar refractivity (Wildman–Crippen MR) is 92.5 cm³/mol. The molecule has 25 heavy (non-hydrogen) atoms. The maximum Gasteiger partial charge on any atom is 0.340 e. The van der Waals surface area contributed by atoms with E-state index >= 15 is 0 Å². The van der Waals surface area contributed by atoms with Gasteiger partial charge in [0, 0.05) is 17.0 Å². The van der Waals surface area contributed by atoms with Gasteiger partial charge in [-0.1, -0.05) is 12.1 Å². The van der Waals surface area contributed by atoms with Crippen LogP contribution in [0.25, 0.3) is 0 Å². The van der Waals surface area contributed by atoms with E-state index in [4.69, 9.17) is 9.47 Å². The molecule has 0 spiro atoms. The van der Waals surface area contributed by atoms with Gasteiger partial charge in [0.2, 0.25) is 5.78 Å². The number of H-pyrrole nitrogens is 1. The Morgan fingerprint density at radius 2 is 1.76 bits per heavy atom. The fraction of sp³-hybridized carbons (Fsp3) is 0.316. The van der Waals surface area contributed by atoms with Gasteiger partial charge in [-0.05, 0) is 39.8 Å². The van der Waals surface area contributed by atoms with Gasteiger partial charge in [0.1, 0.15) is 5.75 Å². The van der Waals surface area contributed by atoms with E-state index in [1.165, 1.54) is 6.92 Å². The van der Waals surface area contributed by atoms with Crippen LogP contribution in [0.1, 0.15) is 56.3 Å². The molecule has 2 aromatic rings. The molecule has 0 fully saturated rings. The smallest absolute Gasteiger partial charge is 0.340 e. The molecular formula is C19H21NO5. The minimum Gasteiger partial charge on any atom is -0.485 e. The lowest BCUT2D eigenvalue weighted by molar-refractivity contribution is 0.0522. The van der Waals surface area contributed by atoms with Gasteiger partial charge in [0.05, 0.1) is 17.7 Å². The van der Waals surface area contributed by atoms with E-state index in [1.807, 2.05) is 0 Å². The van der Waals surface area contributed by atoms with Gasteiger partial charge < -0.3 is 14.5 Å². The minimum atomic E-state index is -0.536. The summed E-state index contributed by atoms with van der Waals surface area (Å²) in [7, 11) is 0. The van der Waals surface area contributed by atoms with Crippen LogP contribution in [0, 0.1) is 13.8 Å². The summed E-state index contributed by atoms with van der Waals surface area (Å²) < 4.78 is 10.5. The van der Waals surface area contributed by atoms with E-state index in [2.05, 4.69) is 4.98 Å². The number of hydrogen-bond donors (Lipinski definition) is 1. The molecule has 0 aliphatic rings. The highest BCUT2D eigenvalue weighted by Crippen LogP contribution is 2.21. The van der Waals surface area contributed by atoms with E-state index in [-0.39, 0.29) is 35.9 Å². The summed E-state index contributed by atoms with van der Waals surface area (Å²) in [6.45, 7) is 6.59. The van der Waals surface area contributed by atoms with Crippen molar-refractivity contribution in [2.24, 2.45) is 0 Å². The van der Waals surface area contributed by atoms with Crippen molar-refractivity contribution in [1.82, 2.24) is 4.98 Å². The molecule has 0 aliphatic heterocycles. The SMILES string of the molecule is CCOC(=O)c1c(C)[nH]c(C)c1C(=O)COc1cccc(C(C)=O)c1. The Hall–Kier alpha value is -2.89. The van der Waals surface area contributed by atoms with Crippen LogP contribution in [0.4, 0.5) is 0 Å². The molecule has 0 bridgehead atoms. The highest BCUT2D eigenvalue weighted by molar-refractivity contribution is 6.08. The van der Waals surface area contributed by atoms with Gasteiger partial charge in [-0.15, -0.1) is 0 Å². The number of ketones is 2. The number of aryl methyl sites for hydroxylation is 2. The average molecular weight is 343 g/mol. The molecule has 1 aromatic carbocycles. The van der Waals surface area contributed by atoms with Crippen molar-refractivity contribution in [1.29, 1.82) is 0 Å². The highest BCUT2D eigenvalue weighted by Gasteiger charge is 2.25. The van der Waals surface area contributed by atoms with E-state index in [0.717, 1.165) is 0 Å². The normalized spacial score (nSPS) is 10.4. The van der Waals surface area contributed by atoms with Crippen molar-refractivity contribution >= 4 is 17.5 Å². The minimum absolute atomic E-state index is 0.0847. The van der Waals surface area contributed by atoms with Gasteiger partial charge in [-0.2, -0.15) is 0 Å². The zero-order chi connectivity index (χ0) is 18.6. The lowest BCUT2D eigenvalue weighted by Gasteiger charge is -2.08. The lowest BCUT2D eigenvalue weighted by atomic mass is 10.1. The number of ether oxygens (including phenoxy) is 2. The number of rotatable bonds is 7. The van der Waals surface area contributed by atoms with Gasteiger partial charge in [0.25, 0.3) is 0 Å². The summed E-state index contributed by atoms with van der Waals surface area (Å²) in [5.41, 5.74) is 2.19. The molecule has 6 heteroatoms. The molecule has 0 aliphatic carbocycles. The van der Waals surface area contributed by atoms with E-state index in [1.54, 1.807) is 45.0 Å². The van der Waals surface area contributed by atoms with Crippen LogP contribution in [0.2, 0.25) is 0 Å². The number of carbonyl (C=O) groups excluding carboxylic acids is 3. The number of hydrogen-bond acceptors (Lipinski definition) is 5. The van der Waals surface area contributed by atoms with E-state index in [9.17, 15) is 14.4 Å². The molecule has 0 saturated carbocycles. The number of Topliss-reactive ketones (excluding diaryl/α,β-unsaturated/α-hetero) is 2. The molecule has 0 saturated heterocycles. The zero-order valence-electron chi connectivity index (χ0n) is 14.8. The van der Waals surface area contributed by atoms with E-state index in [0.29, 0.717) is 22.7 Å². The van der Waals surface area contributed by atoms with Gasteiger partial charge >= 0.3 is 5.97 Å². The zero-order valence-corrected chi connectivity index (χ0v) is 14.8. The second-order valence-corrected chi connectivity index (χ2v) is 5.64. The molecule has 1 aromatic heterocycles. The molecule has 0 radical (unpaired) electrons. The number of carbonyl (C=O) groups is 3. The Morgan fingerprint density at radius 3 is 2.40 bits per heavy atom. The van der Waals surface area contributed by atoms with Crippen LogP contribution in [0.15, 0.2) is 24.3 Å². The largest absolute Gasteiger partial charge is 0.485 e. The Bertz CT molecular complexity index is 819. The summed E-state index contributed by atoms with van der Waals surface area (Å²) >= 11 is 0. The second kappa shape index (κ2) is 7.79. The molecule has 2 rings (SSSR count). The van der Waals surface area contributed by atoms with Crippen LogP contribution < -0.4 is 4.74 Å². The third-order valence-corrected chi connectivity index (χ3v) is 3.74. The monoisotopic (exact) mass is 343 g/mol. The van der Waals surface area contributed by atoms with Crippen LogP contribution in [0.5, 0.6) is 5.75 Å². The Kier molecular flexibility index (Phi) is 5.75. The molecule has 0 unspecified atom stereocenters. The number of esters is 1. The molecule has 132 valence electrons. The second-order valence-electron chi connectivity index (χ2n) is 5.64. The average Bonchev–Trinajstić information content (AvgIpc) is 2.87. The summed E-state index contributed by atoms with van der Waals surface area (Å²) in [5.74, 6) is -0.536. The predicted octanol–water partition coefficient (Wildman–Crippen LogP) is 3.27. The topological polar surface area (TPSA) is 85.5 Å². The first-order valence-electron chi connectivity index (χ1n) is 7.98. The maximum atomic E-state index is 12.6. The standard InChI is InChI=1S/C19H21NO5/c1-5-24-19(23)18-12(3)20-11(2)17(18)16(22)10-25-15-8-6-7-14(9-15)13(4)21/h6-9,20H,5,10H2,1-4H3. The van der Waals surface area contributed by atoms with Gasteiger partial charge in [-0.25, -0.2) is 4.79 Å². The fourth-order valence-electron chi connectivity index (χ4n) is 2.61. The highest BCUT2D eigenvalue weighted by atomic mass is 16.5. The van der Waals surface area contributed by atoms with Crippen LogP contribution in [0.3, 0.4) is 0 Å². The first-order chi connectivity index (χ1) is 11.8. The Morgan fingerprint density at radius 1 is 1.08 bits per heavy atom. The summed E-state index contributed by atoms with van der Waals surface area (Å²) in [6.07, 6.45) is 0. The summed E-state index contributed by atoms with van der Waals surface area (Å²) in [4.78, 5) is 39.1. The Balaban J connectivity index is 2.20. The first kappa shape index (κ1) is 18.4.